The van der Waals surface area contributed by atoms with Gasteiger partial charge in [0.05, 0.1) is 11.3 Å². The summed E-state index contributed by atoms with van der Waals surface area (Å²) in [4.78, 5) is 15.2. The van der Waals surface area contributed by atoms with Crippen LogP contribution in [0.5, 0.6) is 0 Å². The summed E-state index contributed by atoms with van der Waals surface area (Å²) < 4.78 is 0. The average Bonchev–Trinajstić information content (AvgIpc) is 2.70. The molecule has 3 nitrogen and oxygen atoms in total. The van der Waals surface area contributed by atoms with Gasteiger partial charge in [-0.1, -0.05) is 76.4 Å². The lowest BCUT2D eigenvalue weighted by atomic mass is 9.69. The second-order valence-electron chi connectivity index (χ2n) is 8.90. The first-order valence-corrected chi connectivity index (χ1v) is 11.1. The highest BCUT2D eigenvalue weighted by atomic mass is 16.2. The van der Waals surface area contributed by atoms with Crippen LogP contribution in [-0.2, 0) is 4.79 Å². The maximum atomic E-state index is 13.6. The topological polar surface area (TPSA) is 44.2 Å². The first-order chi connectivity index (χ1) is 13.0. The number of hydrogen-bond donors (Lipinski definition) is 1. The van der Waals surface area contributed by atoms with Gasteiger partial charge >= 0.3 is 0 Å². The van der Waals surface area contributed by atoms with E-state index in [2.05, 4.69) is 13.2 Å². The minimum absolute atomic E-state index is 0.0753. The van der Waals surface area contributed by atoms with Crippen LogP contribution in [-0.4, -0.2) is 23.2 Å². The van der Waals surface area contributed by atoms with Crippen molar-refractivity contribution in [2.45, 2.75) is 90.4 Å². The Balaban J connectivity index is 2.19. The van der Waals surface area contributed by atoms with Gasteiger partial charge in [0.25, 0.3) is 0 Å². The zero-order valence-corrected chi connectivity index (χ0v) is 17.5. The molecule has 0 aromatic carbocycles. The van der Waals surface area contributed by atoms with E-state index >= 15 is 0 Å². The summed E-state index contributed by atoms with van der Waals surface area (Å²) in [6.45, 7) is 10.1. The van der Waals surface area contributed by atoms with Gasteiger partial charge in [0.15, 0.2) is 0 Å². The zero-order valence-electron chi connectivity index (χ0n) is 17.5. The molecule has 0 spiro atoms. The smallest absolute Gasteiger partial charge is 0.238 e. The van der Waals surface area contributed by atoms with E-state index in [1.165, 1.54) is 64.2 Å². The molecule has 0 aromatic rings. The molecule has 2 saturated carbocycles. The molecule has 0 saturated heterocycles. The fraction of sp³-hybridized carbons (Fsp3) is 0.750. The van der Waals surface area contributed by atoms with Gasteiger partial charge in [-0.25, -0.2) is 0 Å². The summed E-state index contributed by atoms with van der Waals surface area (Å²) in [6, 6.07) is 0. The highest BCUT2D eigenvalue weighted by molar-refractivity contribution is 5.99. The molecule has 152 valence electrons. The number of carbonyl (C=O) groups excluding carboxylic acids is 1. The van der Waals surface area contributed by atoms with E-state index in [-0.39, 0.29) is 5.91 Å². The molecule has 1 amide bonds. The summed E-state index contributed by atoms with van der Waals surface area (Å²) in [6.07, 6.45) is 19.6. The normalized spacial score (nSPS) is 21.2. The molecule has 2 fully saturated rings. The molecule has 0 aliphatic heterocycles. The first-order valence-electron chi connectivity index (χ1n) is 11.1. The molecule has 0 radical (unpaired) electrons. The van der Waals surface area contributed by atoms with Gasteiger partial charge in [0.2, 0.25) is 5.91 Å². The van der Waals surface area contributed by atoms with Crippen LogP contribution < -0.4 is 0 Å². The Labute approximate surface area is 166 Å². The maximum absolute atomic E-state index is 13.6. The van der Waals surface area contributed by atoms with Crippen LogP contribution in [0.1, 0.15) is 90.4 Å². The number of carbonyl (C=O) groups is 1. The molecular formula is C24H40N2O. The molecule has 2 aliphatic rings. The Kier molecular flexibility index (Phi) is 8.79. The Morgan fingerprint density at radius 2 is 1.59 bits per heavy atom. The van der Waals surface area contributed by atoms with Crippen LogP contribution in [0.2, 0.25) is 0 Å². The maximum Gasteiger partial charge on any atom is 0.238 e. The quantitative estimate of drug-likeness (QED) is 0.280. The van der Waals surface area contributed by atoms with Gasteiger partial charge in [0, 0.05) is 6.54 Å². The molecule has 0 unspecified atom stereocenters. The van der Waals surface area contributed by atoms with Crippen molar-refractivity contribution in [1.82, 2.24) is 4.90 Å². The summed E-state index contributed by atoms with van der Waals surface area (Å²) in [5.41, 5.74) is -0.523. The SMILES string of the molecule is C=CCN(C(C)=N)C(=O)[C@@](C=C)(CCC1CCCCC1)CC1CCCCC1. The third-order valence-corrected chi connectivity index (χ3v) is 6.88. The fourth-order valence-corrected chi connectivity index (χ4v) is 5.18. The van der Waals surface area contributed by atoms with Crippen molar-refractivity contribution in [1.29, 1.82) is 5.41 Å². The van der Waals surface area contributed by atoms with Crippen LogP contribution in [0.4, 0.5) is 0 Å². The summed E-state index contributed by atoms with van der Waals surface area (Å²) in [7, 11) is 0. The van der Waals surface area contributed by atoms with E-state index in [1.807, 2.05) is 6.08 Å². The van der Waals surface area contributed by atoms with E-state index < -0.39 is 5.41 Å². The molecular weight excluding hydrogens is 332 g/mol. The predicted octanol–water partition coefficient (Wildman–Crippen LogP) is 6.50. The number of amides is 1. The third-order valence-electron chi connectivity index (χ3n) is 6.88. The second-order valence-corrected chi connectivity index (χ2v) is 8.90. The standard InChI is InChI=1S/C24H40N2O/c1-4-18-26(20(3)25)23(27)24(5-2,19-22-14-10-7-11-15-22)17-16-21-12-8-6-9-13-21/h4-5,21-22,25H,1-2,6-19H2,3H3/t24-/m0/s1. The van der Waals surface area contributed by atoms with Gasteiger partial charge in [-0.05, 0) is 38.0 Å². The van der Waals surface area contributed by atoms with Crippen molar-refractivity contribution in [3.63, 3.8) is 0 Å². The second kappa shape index (κ2) is 10.8. The van der Waals surface area contributed by atoms with Gasteiger partial charge in [-0.2, -0.15) is 0 Å². The molecule has 2 rings (SSSR count). The lowest BCUT2D eigenvalue weighted by Crippen LogP contribution is -2.46. The number of nitrogens with zero attached hydrogens (tertiary/aromatic N) is 1. The molecule has 1 N–H and O–H groups in total. The molecule has 0 bridgehead atoms. The van der Waals surface area contributed by atoms with Crippen LogP contribution >= 0.6 is 0 Å². The molecule has 2 aliphatic carbocycles. The zero-order chi connectivity index (χ0) is 19.7. The number of nitrogens with one attached hydrogen (secondary N) is 1. The van der Waals surface area contributed by atoms with E-state index in [1.54, 1.807) is 17.9 Å². The van der Waals surface area contributed by atoms with Crippen molar-refractivity contribution >= 4 is 11.7 Å². The van der Waals surface area contributed by atoms with Gasteiger partial charge in [-0.15, -0.1) is 13.2 Å². The van der Waals surface area contributed by atoms with Crippen molar-refractivity contribution in [3.8, 4) is 0 Å². The van der Waals surface area contributed by atoms with Crippen molar-refractivity contribution in [2.24, 2.45) is 17.3 Å². The van der Waals surface area contributed by atoms with Gasteiger partial charge in [0.1, 0.15) is 0 Å². The van der Waals surface area contributed by atoms with Crippen LogP contribution in [0, 0.1) is 22.7 Å². The largest absolute Gasteiger partial charge is 0.296 e. The number of amidine groups is 1. The lowest BCUT2D eigenvalue weighted by molar-refractivity contribution is -0.136. The fourth-order valence-electron chi connectivity index (χ4n) is 5.18. The molecule has 0 heterocycles. The van der Waals surface area contributed by atoms with Crippen molar-refractivity contribution in [3.05, 3.63) is 25.3 Å². The Bertz CT molecular complexity index is 514. The monoisotopic (exact) mass is 372 g/mol. The molecule has 3 heteroatoms. The lowest BCUT2D eigenvalue weighted by Gasteiger charge is -2.39. The Morgan fingerprint density at radius 3 is 2.07 bits per heavy atom. The summed E-state index contributed by atoms with van der Waals surface area (Å²) in [5, 5.41) is 8.11. The minimum Gasteiger partial charge on any atom is -0.296 e. The van der Waals surface area contributed by atoms with E-state index in [0.29, 0.717) is 18.3 Å². The molecule has 27 heavy (non-hydrogen) atoms. The van der Waals surface area contributed by atoms with Crippen molar-refractivity contribution in [2.75, 3.05) is 6.54 Å². The summed E-state index contributed by atoms with van der Waals surface area (Å²) in [5.74, 6) is 1.76. The van der Waals surface area contributed by atoms with E-state index in [9.17, 15) is 4.79 Å². The minimum atomic E-state index is -0.523. The Hall–Kier alpha value is -1.38. The van der Waals surface area contributed by atoms with Gasteiger partial charge in [-0.3, -0.25) is 15.1 Å². The van der Waals surface area contributed by atoms with Crippen LogP contribution in [0.25, 0.3) is 0 Å². The van der Waals surface area contributed by atoms with E-state index in [4.69, 9.17) is 5.41 Å². The predicted molar refractivity (Wildman–Crippen MR) is 115 cm³/mol. The highest BCUT2D eigenvalue weighted by Gasteiger charge is 2.41. The average molecular weight is 373 g/mol. The van der Waals surface area contributed by atoms with Crippen molar-refractivity contribution < 1.29 is 4.79 Å². The highest BCUT2D eigenvalue weighted by Crippen LogP contribution is 2.42. The molecule has 1 atom stereocenters. The number of hydrogen-bond acceptors (Lipinski definition) is 2. The van der Waals surface area contributed by atoms with E-state index in [0.717, 1.165) is 25.2 Å². The van der Waals surface area contributed by atoms with Crippen LogP contribution in [0.15, 0.2) is 25.3 Å². The molecule has 0 aromatic heterocycles. The van der Waals surface area contributed by atoms with Gasteiger partial charge < -0.3 is 0 Å². The third kappa shape index (κ3) is 6.05. The summed E-state index contributed by atoms with van der Waals surface area (Å²) >= 11 is 0. The first kappa shape index (κ1) is 21.9. The van der Waals surface area contributed by atoms with Crippen LogP contribution in [0.3, 0.4) is 0 Å². The Morgan fingerprint density at radius 1 is 1.04 bits per heavy atom. The number of rotatable bonds is 9.